The summed E-state index contributed by atoms with van der Waals surface area (Å²) in [6.07, 6.45) is 2.69. The maximum absolute atomic E-state index is 13.4. The Morgan fingerprint density at radius 2 is 1.85 bits per heavy atom. The van der Waals surface area contributed by atoms with E-state index in [1.165, 1.54) is 16.2 Å². The number of nitrogens with zero attached hydrogens (tertiary/aromatic N) is 2. The maximum atomic E-state index is 13.4. The van der Waals surface area contributed by atoms with Gasteiger partial charge in [-0.2, -0.15) is 0 Å². The van der Waals surface area contributed by atoms with Gasteiger partial charge in [-0.1, -0.05) is 13.0 Å². The molecule has 2 aliphatic rings. The summed E-state index contributed by atoms with van der Waals surface area (Å²) in [5.41, 5.74) is 3.97. The van der Waals surface area contributed by atoms with Gasteiger partial charge in [-0.25, -0.2) is 0 Å². The standard InChI is InChI=1S/C27H31N3O3S/c1-6-29-23-13-8-18(14-21(23)17(3)16-27(29,4)5)15-22-24(31)28-26(34)30(25(22)32)19-9-11-20(12-10-19)33-7-2/h8-15,17H,6-7,16H2,1-5H3,(H,28,31,34)/b22-15-. The molecule has 0 spiro atoms. The van der Waals surface area contributed by atoms with Crippen molar-refractivity contribution in [3.05, 3.63) is 59.2 Å². The molecule has 34 heavy (non-hydrogen) atoms. The lowest BCUT2D eigenvalue weighted by molar-refractivity contribution is -0.122. The van der Waals surface area contributed by atoms with Gasteiger partial charge in [0.05, 0.1) is 12.3 Å². The molecular formula is C27H31N3O3S. The first-order valence-electron chi connectivity index (χ1n) is 11.7. The SMILES string of the molecule is CCOc1ccc(N2C(=O)/C(=C\c3ccc4c(c3)C(C)CC(C)(C)N4CC)C(=O)NC2=S)cc1. The van der Waals surface area contributed by atoms with Gasteiger partial charge in [0, 0.05) is 17.8 Å². The Morgan fingerprint density at radius 3 is 2.50 bits per heavy atom. The number of carbonyl (C=O) groups is 2. The molecule has 7 heteroatoms. The summed E-state index contributed by atoms with van der Waals surface area (Å²) in [6, 6.07) is 13.2. The van der Waals surface area contributed by atoms with E-state index in [0.717, 1.165) is 18.5 Å². The van der Waals surface area contributed by atoms with Gasteiger partial charge in [-0.05, 0) is 106 Å². The van der Waals surface area contributed by atoms with Crippen molar-refractivity contribution < 1.29 is 14.3 Å². The lowest BCUT2D eigenvalue weighted by Gasteiger charge is -2.47. The summed E-state index contributed by atoms with van der Waals surface area (Å²) >= 11 is 5.32. The molecule has 1 fully saturated rings. The van der Waals surface area contributed by atoms with E-state index < -0.39 is 11.8 Å². The Morgan fingerprint density at radius 1 is 1.15 bits per heavy atom. The summed E-state index contributed by atoms with van der Waals surface area (Å²) in [7, 11) is 0. The first-order valence-corrected chi connectivity index (χ1v) is 12.1. The van der Waals surface area contributed by atoms with Crippen LogP contribution >= 0.6 is 12.2 Å². The minimum atomic E-state index is -0.487. The summed E-state index contributed by atoms with van der Waals surface area (Å²) in [5.74, 6) is 0.142. The molecule has 178 valence electrons. The highest BCUT2D eigenvalue weighted by atomic mass is 32.1. The lowest BCUT2D eigenvalue weighted by Crippen LogP contribution is -2.54. The predicted molar refractivity (Wildman–Crippen MR) is 140 cm³/mol. The van der Waals surface area contributed by atoms with Gasteiger partial charge < -0.3 is 9.64 Å². The van der Waals surface area contributed by atoms with Crippen LogP contribution in [0.3, 0.4) is 0 Å². The third kappa shape index (κ3) is 4.32. The topological polar surface area (TPSA) is 61.9 Å². The van der Waals surface area contributed by atoms with E-state index in [0.29, 0.717) is 24.0 Å². The first-order chi connectivity index (χ1) is 16.2. The van der Waals surface area contributed by atoms with E-state index in [2.05, 4.69) is 50.0 Å². The number of ether oxygens (including phenoxy) is 1. The number of rotatable bonds is 5. The molecule has 0 saturated carbocycles. The average Bonchev–Trinajstić information content (AvgIpc) is 2.78. The van der Waals surface area contributed by atoms with Crippen LogP contribution in [0.25, 0.3) is 6.08 Å². The highest BCUT2D eigenvalue weighted by Gasteiger charge is 2.36. The van der Waals surface area contributed by atoms with Gasteiger partial charge in [0.25, 0.3) is 11.8 Å². The van der Waals surface area contributed by atoms with Gasteiger partial charge in [-0.15, -0.1) is 0 Å². The zero-order valence-corrected chi connectivity index (χ0v) is 21.2. The number of hydrogen-bond donors (Lipinski definition) is 1. The number of anilines is 2. The smallest absolute Gasteiger partial charge is 0.270 e. The van der Waals surface area contributed by atoms with Gasteiger partial charge in [0.2, 0.25) is 0 Å². The molecule has 1 unspecified atom stereocenters. The predicted octanol–water partition coefficient (Wildman–Crippen LogP) is 5.03. The molecule has 4 rings (SSSR count). The van der Waals surface area contributed by atoms with Crippen LogP contribution in [0.5, 0.6) is 5.75 Å². The molecule has 0 aromatic heterocycles. The Hall–Kier alpha value is -3.19. The van der Waals surface area contributed by atoms with Crippen molar-refractivity contribution in [3.8, 4) is 5.75 Å². The summed E-state index contributed by atoms with van der Waals surface area (Å²) in [4.78, 5) is 29.9. The van der Waals surface area contributed by atoms with Crippen molar-refractivity contribution in [2.24, 2.45) is 0 Å². The number of benzene rings is 2. The molecular weight excluding hydrogens is 446 g/mol. The number of carbonyl (C=O) groups excluding carboxylic acids is 2. The molecule has 2 heterocycles. The molecule has 2 aliphatic heterocycles. The summed E-state index contributed by atoms with van der Waals surface area (Å²) in [5, 5.41) is 2.72. The van der Waals surface area contributed by atoms with Crippen LogP contribution in [0.2, 0.25) is 0 Å². The van der Waals surface area contributed by atoms with E-state index in [4.69, 9.17) is 17.0 Å². The fraction of sp³-hybridized carbons (Fsp3) is 0.370. The van der Waals surface area contributed by atoms with Gasteiger partial charge in [0.1, 0.15) is 11.3 Å². The molecule has 6 nitrogen and oxygen atoms in total. The molecule has 1 saturated heterocycles. The van der Waals surface area contributed by atoms with Crippen LogP contribution in [0.1, 0.15) is 58.1 Å². The molecule has 1 N–H and O–H groups in total. The molecule has 2 aromatic rings. The number of nitrogens with one attached hydrogen (secondary N) is 1. The maximum Gasteiger partial charge on any atom is 0.270 e. The number of amides is 2. The third-order valence-electron chi connectivity index (χ3n) is 6.54. The van der Waals surface area contributed by atoms with Gasteiger partial charge in [-0.3, -0.25) is 19.8 Å². The van der Waals surface area contributed by atoms with Crippen molar-refractivity contribution in [2.45, 2.75) is 52.5 Å². The summed E-state index contributed by atoms with van der Waals surface area (Å²) < 4.78 is 5.48. The number of hydrogen-bond acceptors (Lipinski definition) is 5. The van der Waals surface area contributed by atoms with Crippen molar-refractivity contribution in [1.82, 2.24) is 5.32 Å². The highest BCUT2D eigenvalue weighted by Crippen LogP contribution is 2.43. The van der Waals surface area contributed by atoms with E-state index in [9.17, 15) is 9.59 Å². The van der Waals surface area contributed by atoms with Crippen LogP contribution in [0.4, 0.5) is 11.4 Å². The van der Waals surface area contributed by atoms with Crippen LogP contribution < -0.4 is 19.9 Å². The molecule has 0 bridgehead atoms. The third-order valence-corrected chi connectivity index (χ3v) is 6.83. The van der Waals surface area contributed by atoms with Crippen LogP contribution in [-0.2, 0) is 9.59 Å². The lowest BCUT2D eigenvalue weighted by atomic mass is 9.79. The fourth-order valence-electron chi connectivity index (χ4n) is 5.11. The van der Waals surface area contributed by atoms with Crippen LogP contribution in [-0.4, -0.2) is 35.6 Å². The highest BCUT2D eigenvalue weighted by molar-refractivity contribution is 7.80. The monoisotopic (exact) mass is 477 g/mol. The second-order valence-corrected chi connectivity index (χ2v) is 9.75. The average molecular weight is 478 g/mol. The van der Waals surface area contributed by atoms with E-state index in [-0.39, 0.29) is 16.2 Å². The molecule has 0 radical (unpaired) electrons. The van der Waals surface area contributed by atoms with Crippen molar-refractivity contribution in [1.29, 1.82) is 0 Å². The second-order valence-electron chi connectivity index (χ2n) is 9.36. The van der Waals surface area contributed by atoms with E-state index in [1.54, 1.807) is 30.3 Å². The minimum absolute atomic E-state index is 0.0542. The number of thiocarbonyl (C=S) groups is 1. The van der Waals surface area contributed by atoms with Crippen LogP contribution in [0, 0.1) is 0 Å². The van der Waals surface area contributed by atoms with Gasteiger partial charge in [0.15, 0.2) is 5.11 Å². The largest absolute Gasteiger partial charge is 0.494 e. The molecule has 2 aromatic carbocycles. The zero-order valence-electron chi connectivity index (χ0n) is 20.3. The molecule has 2 amide bonds. The fourth-order valence-corrected chi connectivity index (χ4v) is 5.39. The van der Waals surface area contributed by atoms with E-state index in [1.807, 2.05) is 13.0 Å². The Balaban J connectivity index is 1.68. The Kier molecular flexibility index (Phi) is 6.49. The normalized spacial score (nSPS) is 20.9. The Labute approximate surface area is 206 Å². The van der Waals surface area contributed by atoms with E-state index >= 15 is 0 Å². The van der Waals surface area contributed by atoms with Gasteiger partial charge >= 0.3 is 0 Å². The minimum Gasteiger partial charge on any atom is -0.494 e. The second kappa shape index (κ2) is 9.22. The van der Waals surface area contributed by atoms with Crippen molar-refractivity contribution in [2.75, 3.05) is 23.0 Å². The van der Waals surface area contributed by atoms with Crippen LogP contribution in [0.15, 0.2) is 48.0 Å². The quantitative estimate of drug-likeness (QED) is 0.372. The van der Waals surface area contributed by atoms with Crippen molar-refractivity contribution in [3.63, 3.8) is 0 Å². The van der Waals surface area contributed by atoms with Crippen molar-refractivity contribution >= 4 is 46.6 Å². The first kappa shape index (κ1) is 24.0. The Bertz CT molecular complexity index is 1170. The number of fused-ring (bicyclic) bond motifs is 1. The molecule has 1 atom stereocenters. The zero-order chi connectivity index (χ0) is 24.6. The summed E-state index contributed by atoms with van der Waals surface area (Å²) in [6.45, 7) is 12.3. The molecule has 0 aliphatic carbocycles.